The van der Waals surface area contributed by atoms with E-state index in [0.717, 1.165) is 30.1 Å². The molecule has 0 aromatic carbocycles. The van der Waals surface area contributed by atoms with Crippen LogP contribution in [-0.2, 0) is 11.3 Å². The minimum atomic E-state index is 0.187. The molecule has 4 aliphatic carbocycles. The summed E-state index contributed by atoms with van der Waals surface area (Å²) >= 11 is 6.01. The molecule has 30 heavy (non-hydrogen) atoms. The maximum absolute atomic E-state index is 13.3. The molecular formula is C26H39ClN2O. The van der Waals surface area contributed by atoms with E-state index < -0.39 is 0 Å². The third-order valence-corrected chi connectivity index (χ3v) is 10.7. The highest BCUT2D eigenvalue weighted by molar-refractivity contribution is 6.30. The Labute approximate surface area is 187 Å². The number of rotatable bonds is 3. The van der Waals surface area contributed by atoms with Crippen molar-refractivity contribution < 1.29 is 4.79 Å². The molecular weight excluding hydrogens is 392 g/mol. The van der Waals surface area contributed by atoms with Crippen molar-refractivity contribution in [3.05, 3.63) is 17.4 Å². The number of hydrogen-bond donors (Lipinski definition) is 0. The van der Waals surface area contributed by atoms with Crippen LogP contribution in [0.4, 0.5) is 0 Å². The molecule has 4 aliphatic rings. The summed E-state index contributed by atoms with van der Waals surface area (Å²) in [5.41, 5.74) is 1.25. The highest BCUT2D eigenvalue weighted by Gasteiger charge is 2.61. The fourth-order valence-electron chi connectivity index (χ4n) is 8.86. The molecule has 7 atom stereocenters. The van der Waals surface area contributed by atoms with E-state index in [-0.39, 0.29) is 11.3 Å². The van der Waals surface area contributed by atoms with Crippen molar-refractivity contribution in [2.75, 3.05) is 0 Å². The summed E-state index contributed by atoms with van der Waals surface area (Å²) in [5, 5.41) is 4.86. The molecule has 0 radical (unpaired) electrons. The third-order valence-electron chi connectivity index (χ3n) is 10.5. The number of halogens is 1. The number of fused-ring (bicyclic) bond motifs is 5. The topological polar surface area (TPSA) is 34.9 Å². The Hall–Kier alpha value is -0.830. The van der Waals surface area contributed by atoms with Gasteiger partial charge in [-0.2, -0.15) is 5.10 Å². The lowest BCUT2D eigenvalue weighted by molar-refractivity contribution is -0.140. The van der Waals surface area contributed by atoms with Crippen LogP contribution >= 0.6 is 11.6 Å². The second kappa shape index (κ2) is 7.09. The van der Waals surface area contributed by atoms with Crippen molar-refractivity contribution in [2.24, 2.45) is 45.8 Å². The van der Waals surface area contributed by atoms with Crippen molar-refractivity contribution in [3.63, 3.8) is 0 Å². The maximum Gasteiger partial charge on any atom is 0.157 e. The lowest BCUT2D eigenvalue weighted by Crippen LogP contribution is -2.54. The average Bonchev–Trinajstić information content (AvgIpc) is 3.24. The fraction of sp³-hybridized carbons (Fsp3) is 0.846. The zero-order valence-electron chi connectivity index (χ0n) is 19.3. The summed E-state index contributed by atoms with van der Waals surface area (Å²) in [6.45, 7) is 10.4. The Morgan fingerprint density at radius 1 is 1.03 bits per heavy atom. The van der Waals surface area contributed by atoms with E-state index in [1.807, 2.05) is 0 Å². The molecule has 5 rings (SSSR count). The standard InChI is InChI=1S/C26H39ClN2O/c1-24(2)11-12-25(3)17(13-24)5-6-19-20-7-8-22(26(20,4)10-9-21(19)25)23(30)16-29-15-18(27)14-28-29/h14-15,17,19-22H,5-13,16H2,1-4H3/t17-,19+,20+,21+,22-,25+,26+/m1/s1. The third kappa shape index (κ3) is 3.21. The number of ketones is 1. The smallest absolute Gasteiger partial charge is 0.157 e. The highest BCUT2D eigenvalue weighted by atomic mass is 35.5. The van der Waals surface area contributed by atoms with E-state index in [9.17, 15) is 4.79 Å². The monoisotopic (exact) mass is 430 g/mol. The Bertz CT molecular complexity index is 831. The van der Waals surface area contributed by atoms with Crippen LogP contribution < -0.4 is 0 Å². The first-order valence-electron chi connectivity index (χ1n) is 12.3. The van der Waals surface area contributed by atoms with Crippen LogP contribution in [0.2, 0.25) is 5.02 Å². The molecule has 0 unspecified atom stereocenters. The second-order valence-electron chi connectivity index (χ2n) is 12.5. The molecule has 4 fully saturated rings. The van der Waals surface area contributed by atoms with Gasteiger partial charge in [-0.05, 0) is 97.7 Å². The van der Waals surface area contributed by atoms with Crippen LogP contribution in [0.25, 0.3) is 0 Å². The Morgan fingerprint density at radius 3 is 2.53 bits per heavy atom. The maximum atomic E-state index is 13.3. The number of aromatic nitrogens is 2. The molecule has 3 nitrogen and oxygen atoms in total. The predicted molar refractivity (Wildman–Crippen MR) is 121 cm³/mol. The van der Waals surface area contributed by atoms with Gasteiger partial charge in [0.15, 0.2) is 5.78 Å². The Balaban J connectivity index is 1.34. The number of nitrogens with zero attached hydrogens (tertiary/aromatic N) is 2. The Kier molecular flexibility index (Phi) is 4.97. The van der Waals surface area contributed by atoms with Gasteiger partial charge in [0.1, 0.15) is 0 Å². The minimum absolute atomic E-state index is 0.187. The van der Waals surface area contributed by atoms with Crippen LogP contribution in [0.1, 0.15) is 85.5 Å². The molecule has 166 valence electrons. The number of carbonyl (C=O) groups excluding carboxylic acids is 1. The lowest BCUT2D eigenvalue weighted by Gasteiger charge is -2.62. The average molecular weight is 431 g/mol. The first-order valence-corrected chi connectivity index (χ1v) is 12.7. The zero-order chi connectivity index (χ0) is 21.3. The van der Waals surface area contributed by atoms with Crippen molar-refractivity contribution >= 4 is 17.4 Å². The van der Waals surface area contributed by atoms with Gasteiger partial charge in [-0.1, -0.05) is 39.3 Å². The SMILES string of the molecule is CC1(C)CC[C@@]2(C)[C@H](CC[C@@H]3[C@@H]2CC[C@]2(C)[C@@H](C(=O)Cn4cc(Cl)cn4)CC[C@@H]32)C1. The Morgan fingerprint density at radius 2 is 1.80 bits per heavy atom. The van der Waals surface area contributed by atoms with Gasteiger partial charge in [0, 0.05) is 12.1 Å². The zero-order valence-corrected chi connectivity index (χ0v) is 20.0. The van der Waals surface area contributed by atoms with Gasteiger partial charge in [0.25, 0.3) is 0 Å². The van der Waals surface area contributed by atoms with E-state index in [0.29, 0.717) is 28.2 Å². The normalized spacial score (nSPS) is 44.8. The molecule has 0 N–H and O–H groups in total. The molecule has 1 aromatic rings. The number of hydrogen-bond acceptors (Lipinski definition) is 2. The summed E-state index contributed by atoms with van der Waals surface area (Å²) in [6, 6.07) is 0. The van der Waals surface area contributed by atoms with Gasteiger partial charge >= 0.3 is 0 Å². The van der Waals surface area contributed by atoms with Crippen LogP contribution in [0.3, 0.4) is 0 Å². The molecule has 0 bridgehead atoms. The molecule has 4 heteroatoms. The summed E-state index contributed by atoms with van der Waals surface area (Å²) in [5.74, 6) is 3.93. The van der Waals surface area contributed by atoms with Gasteiger partial charge in [-0.3, -0.25) is 9.48 Å². The summed E-state index contributed by atoms with van der Waals surface area (Å²) in [4.78, 5) is 13.3. The van der Waals surface area contributed by atoms with Crippen LogP contribution in [0.5, 0.6) is 0 Å². The van der Waals surface area contributed by atoms with Crippen LogP contribution in [-0.4, -0.2) is 15.6 Å². The quantitative estimate of drug-likeness (QED) is 0.528. The minimum Gasteiger partial charge on any atom is -0.297 e. The van der Waals surface area contributed by atoms with E-state index in [2.05, 4.69) is 32.8 Å². The van der Waals surface area contributed by atoms with Crippen LogP contribution in [0, 0.1) is 45.8 Å². The largest absolute Gasteiger partial charge is 0.297 e. The van der Waals surface area contributed by atoms with E-state index >= 15 is 0 Å². The van der Waals surface area contributed by atoms with Crippen molar-refractivity contribution in [3.8, 4) is 0 Å². The van der Waals surface area contributed by atoms with Crippen molar-refractivity contribution in [1.29, 1.82) is 0 Å². The summed E-state index contributed by atoms with van der Waals surface area (Å²) < 4.78 is 1.73. The van der Waals surface area contributed by atoms with Gasteiger partial charge in [-0.15, -0.1) is 0 Å². The van der Waals surface area contributed by atoms with Gasteiger partial charge in [-0.25, -0.2) is 0 Å². The first-order chi connectivity index (χ1) is 14.1. The van der Waals surface area contributed by atoms with Crippen molar-refractivity contribution in [1.82, 2.24) is 9.78 Å². The van der Waals surface area contributed by atoms with Gasteiger partial charge in [0.2, 0.25) is 0 Å². The van der Waals surface area contributed by atoms with Crippen molar-refractivity contribution in [2.45, 2.75) is 92.0 Å². The molecule has 0 spiro atoms. The van der Waals surface area contributed by atoms with Gasteiger partial charge < -0.3 is 0 Å². The fourth-order valence-corrected chi connectivity index (χ4v) is 9.02. The number of carbonyl (C=O) groups is 1. The van der Waals surface area contributed by atoms with E-state index in [1.54, 1.807) is 17.1 Å². The molecule has 0 amide bonds. The number of Topliss-reactive ketones (excluding diaryl/α,β-unsaturated/α-hetero) is 1. The molecule has 4 saturated carbocycles. The van der Waals surface area contributed by atoms with E-state index in [4.69, 9.17) is 11.6 Å². The van der Waals surface area contributed by atoms with Crippen LogP contribution in [0.15, 0.2) is 12.4 Å². The lowest BCUT2D eigenvalue weighted by atomic mass is 9.43. The molecule has 1 heterocycles. The molecule has 1 aromatic heterocycles. The van der Waals surface area contributed by atoms with Gasteiger partial charge in [0.05, 0.1) is 17.8 Å². The highest BCUT2D eigenvalue weighted by Crippen LogP contribution is 2.68. The first kappa shape index (κ1) is 21.0. The summed E-state index contributed by atoms with van der Waals surface area (Å²) in [6.07, 6.45) is 15.3. The predicted octanol–water partition coefficient (Wildman–Crippen LogP) is 6.79. The second-order valence-corrected chi connectivity index (χ2v) is 13.0. The van der Waals surface area contributed by atoms with E-state index in [1.165, 1.54) is 51.4 Å². The molecule has 0 aliphatic heterocycles. The molecule has 0 saturated heterocycles. The summed E-state index contributed by atoms with van der Waals surface area (Å²) in [7, 11) is 0.